The minimum Gasteiger partial charge on any atom is -0.497 e. The van der Waals surface area contributed by atoms with Crippen molar-refractivity contribution < 1.29 is 19.1 Å². The summed E-state index contributed by atoms with van der Waals surface area (Å²) in [4.78, 5) is 21.6. The quantitative estimate of drug-likeness (QED) is 0.724. The molecule has 8 nitrogen and oxygen atoms in total. The number of methoxy groups -OCH3 is 2. The van der Waals surface area contributed by atoms with Crippen LogP contribution in [0.1, 0.15) is 18.4 Å². The fraction of sp³-hybridized carbons (Fsp3) is 0.389. The SMILES string of the molecule is COc1ccc(OC)c(C2=NO[C@@H](C(=O)NCCCn3ccnc3)C2)c1. The fourth-order valence-electron chi connectivity index (χ4n) is 2.72. The van der Waals surface area contributed by atoms with Gasteiger partial charge in [-0.15, -0.1) is 0 Å². The number of benzene rings is 1. The summed E-state index contributed by atoms with van der Waals surface area (Å²) >= 11 is 0. The number of carbonyl (C=O) groups is 1. The summed E-state index contributed by atoms with van der Waals surface area (Å²) in [7, 11) is 3.19. The molecule has 0 radical (unpaired) electrons. The number of aromatic nitrogens is 2. The molecule has 0 unspecified atom stereocenters. The zero-order valence-electron chi connectivity index (χ0n) is 14.8. The van der Waals surface area contributed by atoms with Gasteiger partial charge < -0.3 is 24.2 Å². The minimum atomic E-state index is -0.630. The number of rotatable bonds is 8. The van der Waals surface area contributed by atoms with E-state index in [2.05, 4.69) is 15.5 Å². The van der Waals surface area contributed by atoms with E-state index in [0.717, 1.165) is 18.5 Å². The average Bonchev–Trinajstić information content (AvgIpc) is 3.36. The Labute approximate surface area is 151 Å². The van der Waals surface area contributed by atoms with Crippen molar-refractivity contribution >= 4 is 11.6 Å². The molecule has 0 bridgehead atoms. The van der Waals surface area contributed by atoms with Gasteiger partial charge in [-0.05, 0) is 24.6 Å². The van der Waals surface area contributed by atoms with E-state index in [1.807, 2.05) is 22.9 Å². The van der Waals surface area contributed by atoms with Gasteiger partial charge in [0, 0.05) is 37.5 Å². The Bertz CT molecular complexity index is 774. The second kappa shape index (κ2) is 8.37. The van der Waals surface area contributed by atoms with Crippen LogP contribution in [0.25, 0.3) is 0 Å². The van der Waals surface area contributed by atoms with Gasteiger partial charge in [-0.3, -0.25) is 4.79 Å². The highest BCUT2D eigenvalue weighted by atomic mass is 16.6. The van der Waals surface area contributed by atoms with Crippen LogP contribution in [0.4, 0.5) is 0 Å². The standard InChI is InChI=1S/C18H22N4O4/c1-24-13-4-5-16(25-2)14(10-13)15-11-17(26-21-15)18(23)20-6-3-8-22-9-7-19-12-22/h4-5,7,9-10,12,17H,3,6,8,11H2,1-2H3,(H,20,23)/t17-/m1/s1. The first kappa shape index (κ1) is 17.8. The molecular formula is C18H22N4O4. The van der Waals surface area contributed by atoms with Gasteiger partial charge in [0.15, 0.2) is 0 Å². The molecule has 8 heteroatoms. The van der Waals surface area contributed by atoms with Crippen molar-refractivity contribution in [2.45, 2.75) is 25.5 Å². The normalized spacial score (nSPS) is 15.9. The molecule has 0 saturated carbocycles. The summed E-state index contributed by atoms with van der Waals surface area (Å²) in [5.41, 5.74) is 1.43. The predicted molar refractivity (Wildman–Crippen MR) is 95.4 cm³/mol. The van der Waals surface area contributed by atoms with Gasteiger partial charge in [0.1, 0.15) is 11.5 Å². The Hall–Kier alpha value is -3.03. The molecule has 0 spiro atoms. The number of aryl methyl sites for hydroxylation is 1. The molecule has 0 aliphatic carbocycles. The van der Waals surface area contributed by atoms with E-state index < -0.39 is 6.10 Å². The molecule has 0 fully saturated rings. The van der Waals surface area contributed by atoms with Gasteiger partial charge in [0.2, 0.25) is 6.10 Å². The Balaban J connectivity index is 1.52. The number of nitrogens with one attached hydrogen (secondary N) is 1. The molecular weight excluding hydrogens is 336 g/mol. The highest BCUT2D eigenvalue weighted by Crippen LogP contribution is 2.28. The second-order valence-corrected chi connectivity index (χ2v) is 5.85. The molecule has 2 aromatic rings. The van der Waals surface area contributed by atoms with Crippen molar-refractivity contribution in [1.29, 1.82) is 0 Å². The molecule has 1 aliphatic heterocycles. The molecule has 138 valence electrons. The number of hydrogen-bond donors (Lipinski definition) is 1. The molecule has 2 heterocycles. The van der Waals surface area contributed by atoms with E-state index in [4.69, 9.17) is 14.3 Å². The Morgan fingerprint density at radius 3 is 3.00 bits per heavy atom. The summed E-state index contributed by atoms with van der Waals surface area (Å²) in [6.45, 7) is 1.36. The zero-order valence-corrected chi connectivity index (χ0v) is 14.8. The van der Waals surface area contributed by atoms with Crippen LogP contribution in [0.2, 0.25) is 0 Å². The molecule has 1 aromatic carbocycles. The lowest BCUT2D eigenvalue weighted by molar-refractivity contribution is -0.131. The van der Waals surface area contributed by atoms with Crippen LogP contribution in [0.15, 0.2) is 42.1 Å². The van der Waals surface area contributed by atoms with Crippen LogP contribution in [0, 0.1) is 0 Å². The molecule has 1 aliphatic rings. The van der Waals surface area contributed by atoms with Crippen molar-refractivity contribution in [2.24, 2.45) is 5.16 Å². The van der Waals surface area contributed by atoms with Gasteiger partial charge in [-0.25, -0.2) is 4.98 Å². The van der Waals surface area contributed by atoms with Crippen molar-refractivity contribution in [1.82, 2.24) is 14.9 Å². The van der Waals surface area contributed by atoms with Gasteiger partial charge in [0.05, 0.1) is 26.3 Å². The van der Waals surface area contributed by atoms with Crippen molar-refractivity contribution in [2.75, 3.05) is 20.8 Å². The van der Waals surface area contributed by atoms with E-state index in [9.17, 15) is 4.79 Å². The molecule has 1 amide bonds. The maximum atomic E-state index is 12.3. The molecule has 0 saturated heterocycles. The van der Waals surface area contributed by atoms with Gasteiger partial charge in [0.25, 0.3) is 5.91 Å². The molecule has 26 heavy (non-hydrogen) atoms. The molecule has 1 atom stereocenters. The van der Waals surface area contributed by atoms with Crippen molar-refractivity contribution in [3.63, 3.8) is 0 Å². The van der Waals surface area contributed by atoms with Crippen LogP contribution in [0.5, 0.6) is 11.5 Å². The summed E-state index contributed by atoms with van der Waals surface area (Å²) in [5, 5.41) is 6.95. The highest BCUT2D eigenvalue weighted by Gasteiger charge is 2.30. The predicted octanol–water partition coefficient (Wildman–Crippen LogP) is 1.60. The van der Waals surface area contributed by atoms with E-state index in [1.165, 1.54) is 0 Å². The van der Waals surface area contributed by atoms with Gasteiger partial charge >= 0.3 is 0 Å². The Morgan fingerprint density at radius 1 is 1.38 bits per heavy atom. The number of ether oxygens (including phenoxy) is 2. The third-order valence-electron chi connectivity index (χ3n) is 4.13. The third kappa shape index (κ3) is 4.14. The number of nitrogens with zero attached hydrogens (tertiary/aromatic N) is 3. The van der Waals surface area contributed by atoms with Gasteiger partial charge in [-0.2, -0.15) is 0 Å². The van der Waals surface area contributed by atoms with Crippen LogP contribution in [-0.2, 0) is 16.2 Å². The smallest absolute Gasteiger partial charge is 0.264 e. The largest absolute Gasteiger partial charge is 0.497 e. The molecule has 1 aromatic heterocycles. The average molecular weight is 358 g/mol. The lowest BCUT2D eigenvalue weighted by Gasteiger charge is -2.11. The van der Waals surface area contributed by atoms with Crippen molar-refractivity contribution in [3.05, 3.63) is 42.5 Å². The number of imidazole rings is 1. The van der Waals surface area contributed by atoms with Gasteiger partial charge in [-0.1, -0.05) is 5.16 Å². The number of carbonyl (C=O) groups excluding carboxylic acids is 1. The lowest BCUT2D eigenvalue weighted by atomic mass is 10.0. The maximum Gasteiger partial charge on any atom is 0.264 e. The van der Waals surface area contributed by atoms with Crippen LogP contribution >= 0.6 is 0 Å². The topological polar surface area (TPSA) is 87.0 Å². The second-order valence-electron chi connectivity index (χ2n) is 5.85. The lowest BCUT2D eigenvalue weighted by Crippen LogP contribution is -2.35. The Kier molecular flexibility index (Phi) is 5.73. The van der Waals surface area contributed by atoms with E-state index >= 15 is 0 Å². The van der Waals surface area contributed by atoms with E-state index in [-0.39, 0.29) is 5.91 Å². The van der Waals surface area contributed by atoms with E-state index in [1.54, 1.807) is 32.8 Å². The molecule has 3 rings (SSSR count). The fourth-order valence-corrected chi connectivity index (χ4v) is 2.72. The van der Waals surface area contributed by atoms with Crippen LogP contribution < -0.4 is 14.8 Å². The number of hydrogen-bond acceptors (Lipinski definition) is 6. The maximum absolute atomic E-state index is 12.3. The summed E-state index contributed by atoms with van der Waals surface area (Å²) < 4.78 is 12.6. The first-order chi connectivity index (χ1) is 12.7. The number of amides is 1. The third-order valence-corrected chi connectivity index (χ3v) is 4.13. The number of oxime groups is 1. The van der Waals surface area contributed by atoms with Crippen LogP contribution in [0.3, 0.4) is 0 Å². The first-order valence-corrected chi connectivity index (χ1v) is 8.40. The summed E-state index contributed by atoms with van der Waals surface area (Å²) in [6, 6.07) is 5.44. The Morgan fingerprint density at radius 2 is 2.27 bits per heavy atom. The van der Waals surface area contributed by atoms with Crippen molar-refractivity contribution in [3.8, 4) is 11.5 Å². The summed E-state index contributed by atoms with van der Waals surface area (Å²) in [6.07, 6.45) is 5.95. The first-order valence-electron chi connectivity index (χ1n) is 8.40. The van der Waals surface area contributed by atoms with Crippen LogP contribution in [-0.4, -0.2) is 48.0 Å². The summed E-state index contributed by atoms with van der Waals surface area (Å²) in [5.74, 6) is 1.18. The minimum absolute atomic E-state index is 0.170. The molecule has 1 N–H and O–H groups in total. The zero-order chi connectivity index (χ0) is 18.4. The van der Waals surface area contributed by atoms with E-state index in [0.29, 0.717) is 30.2 Å². The monoisotopic (exact) mass is 358 g/mol. The highest BCUT2D eigenvalue weighted by molar-refractivity contribution is 6.06.